The van der Waals surface area contributed by atoms with Crippen LogP contribution in [0.15, 0.2) is 24.3 Å². The first-order valence-corrected chi connectivity index (χ1v) is 12.9. The Bertz CT molecular complexity index is 544. The molecule has 1 aromatic rings. The van der Waals surface area contributed by atoms with Crippen molar-refractivity contribution in [2.24, 2.45) is 0 Å². The van der Waals surface area contributed by atoms with Crippen molar-refractivity contribution < 1.29 is 15.0 Å². The number of carboxylic acids is 1. The van der Waals surface area contributed by atoms with Crippen molar-refractivity contribution in [3.05, 3.63) is 29.8 Å². The highest BCUT2D eigenvalue weighted by molar-refractivity contribution is 5.73. The van der Waals surface area contributed by atoms with Gasteiger partial charge in [-0.1, -0.05) is 115 Å². The molecule has 0 saturated heterocycles. The number of carboxylic acid groups (broad SMARTS) is 1. The van der Waals surface area contributed by atoms with Crippen LogP contribution >= 0.6 is 0 Å². The Hall–Kier alpha value is -1.55. The van der Waals surface area contributed by atoms with Crippen molar-refractivity contribution in [2.75, 3.05) is 6.54 Å². The summed E-state index contributed by atoms with van der Waals surface area (Å²) in [5, 5.41) is 21.9. The lowest BCUT2D eigenvalue weighted by Gasteiger charge is -2.14. The maximum absolute atomic E-state index is 11.5. The summed E-state index contributed by atoms with van der Waals surface area (Å²) in [5.41, 5.74) is 0.921. The first-order valence-electron chi connectivity index (χ1n) is 12.9. The van der Waals surface area contributed by atoms with Crippen LogP contribution in [0.1, 0.15) is 115 Å². The van der Waals surface area contributed by atoms with Gasteiger partial charge in [-0.05, 0) is 37.1 Å². The van der Waals surface area contributed by atoms with Crippen LogP contribution < -0.4 is 5.32 Å². The Morgan fingerprint density at radius 2 is 1.16 bits per heavy atom. The van der Waals surface area contributed by atoms with Gasteiger partial charge in [0.2, 0.25) is 0 Å². The monoisotopic (exact) mass is 433 g/mol. The number of phenolic OH excluding ortho intramolecular Hbond substituents is 1. The van der Waals surface area contributed by atoms with Gasteiger partial charge >= 0.3 is 5.97 Å². The first kappa shape index (κ1) is 27.5. The molecule has 0 unspecified atom stereocenters. The highest BCUT2D eigenvalue weighted by atomic mass is 16.4. The molecule has 0 bridgehead atoms. The number of unbranched alkanes of at least 4 members (excludes halogenated alkanes) is 15. The predicted molar refractivity (Wildman–Crippen MR) is 131 cm³/mol. The highest BCUT2D eigenvalue weighted by Crippen LogP contribution is 2.14. The molecule has 1 rings (SSSR count). The van der Waals surface area contributed by atoms with Gasteiger partial charge in [0.1, 0.15) is 11.8 Å². The Morgan fingerprint density at radius 3 is 1.58 bits per heavy atom. The number of aromatic hydroxyl groups is 1. The summed E-state index contributed by atoms with van der Waals surface area (Å²) >= 11 is 0. The van der Waals surface area contributed by atoms with Crippen LogP contribution in [0.3, 0.4) is 0 Å². The number of rotatable bonds is 21. The van der Waals surface area contributed by atoms with Crippen molar-refractivity contribution in [1.82, 2.24) is 5.32 Å². The number of benzene rings is 1. The van der Waals surface area contributed by atoms with Gasteiger partial charge in [-0.15, -0.1) is 0 Å². The lowest BCUT2D eigenvalue weighted by molar-refractivity contribution is -0.139. The fourth-order valence-corrected chi connectivity index (χ4v) is 4.06. The van der Waals surface area contributed by atoms with Crippen LogP contribution in [-0.2, 0) is 11.2 Å². The molecule has 4 nitrogen and oxygen atoms in total. The van der Waals surface area contributed by atoms with E-state index in [2.05, 4.69) is 12.2 Å². The second-order valence-electron chi connectivity index (χ2n) is 9.02. The zero-order valence-corrected chi connectivity index (χ0v) is 19.9. The molecule has 0 saturated carbocycles. The number of nitrogens with one attached hydrogen (secondary N) is 1. The molecule has 0 fully saturated rings. The topological polar surface area (TPSA) is 69.6 Å². The van der Waals surface area contributed by atoms with Crippen molar-refractivity contribution in [3.8, 4) is 5.75 Å². The molecule has 31 heavy (non-hydrogen) atoms. The van der Waals surface area contributed by atoms with Crippen molar-refractivity contribution >= 4 is 5.97 Å². The van der Waals surface area contributed by atoms with Gasteiger partial charge in [0.15, 0.2) is 0 Å². The maximum Gasteiger partial charge on any atom is 0.321 e. The minimum atomic E-state index is -0.815. The molecule has 0 aliphatic rings. The highest BCUT2D eigenvalue weighted by Gasteiger charge is 2.16. The van der Waals surface area contributed by atoms with Gasteiger partial charge < -0.3 is 15.5 Å². The Balaban J connectivity index is 1.89. The lowest BCUT2D eigenvalue weighted by atomic mass is 10.0. The Morgan fingerprint density at radius 1 is 0.742 bits per heavy atom. The van der Waals surface area contributed by atoms with E-state index in [1.807, 2.05) is 0 Å². The summed E-state index contributed by atoms with van der Waals surface area (Å²) in [7, 11) is 0. The second kappa shape index (κ2) is 19.2. The SMILES string of the molecule is CCCCCCCCCCCCCCCCCCN[C@@H](Cc1ccc(O)cc1)C(=O)O. The van der Waals surface area contributed by atoms with Gasteiger partial charge in [0, 0.05) is 0 Å². The summed E-state index contributed by atoms with van der Waals surface area (Å²) in [6.45, 7) is 3.02. The molecule has 4 heteroatoms. The van der Waals surface area contributed by atoms with Crippen LogP contribution in [0.2, 0.25) is 0 Å². The molecule has 0 amide bonds. The van der Waals surface area contributed by atoms with Crippen LogP contribution in [-0.4, -0.2) is 28.8 Å². The van der Waals surface area contributed by atoms with Gasteiger partial charge in [-0.2, -0.15) is 0 Å². The molecule has 0 radical (unpaired) electrons. The van der Waals surface area contributed by atoms with E-state index in [-0.39, 0.29) is 5.75 Å². The third-order valence-electron chi connectivity index (χ3n) is 6.10. The Kier molecular flexibility index (Phi) is 17.0. The fourth-order valence-electron chi connectivity index (χ4n) is 4.06. The minimum absolute atomic E-state index is 0.205. The van der Waals surface area contributed by atoms with E-state index in [1.54, 1.807) is 24.3 Å². The van der Waals surface area contributed by atoms with Gasteiger partial charge in [-0.25, -0.2) is 0 Å². The van der Waals surface area contributed by atoms with Crippen LogP contribution in [0.4, 0.5) is 0 Å². The largest absolute Gasteiger partial charge is 0.508 e. The van der Waals surface area contributed by atoms with Gasteiger partial charge in [0.05, 0.1) is 0 Å². The smallest absolute Gasteiger partial charge is 0.321 e. The number of hydrogen-bond donors (Lipinski definition) is 3. The van der Waals surface area contributed by atoms with Crippen molar-refractivity contribution in [2.45, 2.75) is 122 Å². The zero-order valence-electron chi connectivity index (χ0n) is 19.9. The first-order chi connectivity index (χ1) is 15.1. The maximum atomic E-state index is 11.5. The van der Waals surface area contributed by atoms with E-state index in [0.717, 1.165) is 24.9 Å². The van der Waals surface area contributed by atoms with E-state index in [1.165, 1.54) is 89.9 Å². The molecular formula is C27H47NO3. The summed E-state index contributed by atoms with van der Waals surface area (Å²) in [5.74, 6) is -0.610. The van der Waals surface area contributed by atoms with Gasteiger partial charge in [-0.3, -0.25) is 4.79 Å². The molecular weight excluding hydrogens is 386 g/mol. The second-order valence-corrected chi connectivity index (χ2v) is 9.02. The van der Waals surface area contributed by atoms with Crippen LogP contribution in [0.5, 0.6) is 5.75 Å². The lowest BCUT2D eigenvalue weighted by Crippen LogP contribution is -2.39. The number of phenols is 1. The van der Waals surface area contributed by atoms with Crippen molar-refractivity contribution in [1.29, 1.82) is 0 Å². The summed E-state index contributed by atoms with van der Waals surface area (Å²) in [6, 6.07) is 6.19. The molecule has 178 valence electrons. The molecule has 1 atom stereocenters. The quantitative estimate of drug-likeness (QED) is 0.179. The average Bonchev–Trinajstić information content (AvgIpc) is 2.76. The van der Waals surface area contributed by atoms with E-state index in [4.69, 9.17) is 0 Å². The number of aliphatic carboxylic acids is 1. The number of carbonyl (C=O) groups is 1. The number of hydrogen-bond acceptors (Lipinski definition) is 3. The summed E-state index contributed by atoms with van der Waals surface area (Å²) in [6.07, 6.45) is 21.9. The van der Waals surface area contributed by atoms with Crippen LogP contribution in [0.25, 0.3) is 0 Å². The van der Waals surface area contributed by atoms with E-state index in [9.17, 15) is 15.0 Å². The van der Waals surface area contributed by atoms with Gasteiger partial charge in [0.25, 0.3) is 0 Å². The third-order valence-corrected chi connectivity index (χ3v) is 6.10. The standard InChI is InChI=1S/C27H47NO3/c1-2-3-4-5-6-7-8-9-10-11-12-13-14-15-16-17-22-28-26(27(30)31)23-24-18-20-25(29)21-19-24/h18-21,26,28-29H,2-17,22-23H2,1H3,(H,30,31)/t26-/m0/s1. The molecule has 0 spiro atoms. The molecule has 0 heterocycles. The minimum Gasteiger partial charge on any atom is -0.508 e. The zero-order chi connectivity index (χ0) is 22.6. The third kappa shape index (κ3) is 15.8. The fraction of sp³-hybridized carbons (Fsp3) is 0.741. The van der Waals surface area contributed by atoms with E-state index in [0.29, 0.717) is 6.42 Å². The molecule has 0 aromatic heterocycles. The molecule has 1 aromatic carbocycles. The van der Waals surface area contributed by atoms with E-state index < -0.39 is 12.0 Å². The summed E-state index contributed by atoms with van der Waals surface area (Å²) in [4.78, 5) is 11.5. The predicted octanol–water partition coefficient (Wildman–Crippen LogP) is 7.24. The van der Waals surface area contributed by atoms with Crippen molar-refractivity contribution in [3.63, 3.8) is 0 Å². The van der Waals surface area contributed by atoms with Crippen LogP contribution in [0, 0.1) is 0 Å². The van der Waals surface area contributed by atoms with E-state index >= 15 is 0 Å². The molecule has 3 N–H and O–H groups in total. The molecule has 0 aliphatic carbocycles. The molecule has 0 aliphatic heterocycles. The normalized spacial score (nSPS) is 12.2. The summed E-state index contributed by atoms with van der Waals surface area (Å²) < 4.78 is 0. The Labute approximate surface area is 190 Å². The average molecular weight is 434 g/mol.